The number of carbonyl (C=O) groups excluding carboxylic acids is 1. The van der Waals surface area contributed by atoms with Crippen molar-refractivity contribution in [1.82, 2.24) is 15.1 Å². The lowest BCUT2D eigenvalue weighted by Gasteiger charge is -2.27. The lowest BCUT2D eigenvalue weighted by Crippen LogP contribution is -2.36. The highest BCUT2D eigenvalue weighted by atomic mass is 32.2. The molecule has 0 spiro atoms. The van der Waals surface area contributed by atoms with E-state index in [0.29, 0.717) is 17.7 Å². The van der Waals surface area contributed by atoms with Crippen molar-refractivity contribution in [2.24, 2.45) is 0 Å². The van der Waals surface area contributed by atoms with E-state index in [-0.39, 0.29) is 12.1 Å². The maximum atomic E-state index is 12.3. The highest BCUT2D eigenvalue weighted by Gasteiger charge is 2.36. The van der Waals surface area contributed by atoms with Crippen LogP contribution in [0.25, 0.3) is 0 Å². The third-order valence-corrected chi connectivity index (χ3v) is 4.03. The Morgan fingerprint density at radius 1 is 1.43 bits per heavy atom. The standard InChI is InChI=1S/C16H25N3O3S/c1-11(2)8-10-23-14-18-17-13(21-14)12-7-6-9-19(12)15(20)22-16(3,4)5/h8,12H,6-7,9-10H2,1-5H3. The van der Waals surface area contributed by atoms with Gasteiger partial charge < -0.3 is 9.15 Å². The van der Waals surface area contributed by atoms with Gasteiger partial charge in [-0.3, -0.25) is 4.90 Å². The first-order chi connectivity index (χ1) is 10.8. The van der Waals surface area contributed by atoms with Crippen molar-refractivity contribution in [3.63, 3.8) is 0 Å². The SMILES string of the molecule is CC(C)=CCSc1nnc(C2CCCN2C(=O)OC(C)(C)C)o1. The summed E-state index contributed by atoms with van der Waals surface area (Å²) in [6.07, 6.45) is 3.51. The fourth-order valence-electron chi connectivity index (χ4n) is 2.26. The van der Waals surface area contributed by atoms with Gasteiger partial charge in [0.25, 0.3) is 5.22 Å². The molecule has 0 saturated carbocycles. The number of aromatic nitrogens is 2. The van der Waals surface area contributed by atoms with Crippen LogP contribution in [0.3, 0.4) is 0 Å². The molecule has 1 fully saturated rings. The zero-order chi connectivity index (χ0) is 17.0. The van der Waals surface area contributed by atoms with E-state index in [2.05, 4.69) is 30.1 Å². The molecule has 128 valence electrons. The molecule has 1 aromatic rings. The number of ether oxygens (including phenoxy) is 1. The molecule has 2 rings (SSSR count). The van der Waals surface area contributed by atoms with Crippen LogP contribution in [-0.2, 0) is 4.74 Å². The molecule has 1 aromatic heterocycles. The highest BCUT2D eigenvalue weighted by molar-refractivity contribution is 7.99. The van der Waals surface area contributed by atoms with Crippen LogP contribution in [0.5, 0.6) is 0 Å². The quantitative estimate of drug-likeness (QED) is 0.605. The van der Waals surface area contributed by atoms with Crippen LogP contribution in [0.15, 0.2) is 21.3 Å². The first kappa shape index (κ1) is 17.8. The summed E-state index contributed by atoms with van der Waals surface area (Å²) in [5.41, 5.74) is 0.744. The van der Waals surface area contributed by atoms with Crippen LogP contribution in [-0.4, -0.2) is 39.1 Å². The number of hydrogen-bond acceptors (Lipinski definition) is 6. The third kappa shape index (κ3) is 5.27. The van der Waals surface area contributed by atoms with Crippen LogP contribution >= 0.6 is 11.8 Å². The highest BCUT2D eigenvalue weighted by Crippen LogP contribution is 2.33. The van der Waals surface area contributed by atoms with E-state index >= 15 is 0 Å². The number of likely N-dealkylation sites (tertiary alicyclic amines) is 1. The predicted octanol–water partition coefficient (Wildman–Crippen LogP) is 4.20. The normalized spacial score (nSPS) is 18.1. The molecule has 0 bridgehead atoms. The summed E-state index contributed by atoms with van der Waals surface area (Å²) in [5.74, 6) is 1.29. The van der Waals surface area contributed by atoms with Gasteiger partial charge in [0.2, 0.25) is 5.89 Å². The molecule has 6 nitrogen and oxygen atoms in total. The lowest BCUT2D eigenvalue weighted by molar-refractivity contribution is 0.0201. The van der Waals surface area contributed by atoms with Crippen molar-refractivity contribution in [2.75, 3.05) is 12.3 Å². The summed E-state index contributed by atoms with van der Waals surface area (Å²) in [4.78, 5) is 14.0. The molecule has 0 aromatic carbocycles. The van der Waals surface area contributed by atoms with Gasteiger partial charge in [-0.15, -0.1) is 10.2 Å². The van der Waals surface area contributed by atoms with Gasteiger partial charge in [0.15, 0.2) is 0 Å². The number of hydrogen-bond donors (Lipinski definition) is 0. The molecule has 23 heavy (non-hydrogen) atoms. The predicted molar refractivity (Wildman–Crippen MR) is 89.4 cm³/mol. The molecule has 1 unspecified atom stereocenters. The van der Waals surface area contributed by atoms with E-state index in [9.17, 15) is 4.79 Å². The first-order valence-electron chi connectivity index (χ1n) is 7.85. The summed E-state index contributed by atoms with van der Waals surface area (Å²) in [7, 11) is 0. The second-order valence-electron chi connectivity index (χ2n) is 6.83. The number of amides is 1. The maximum Gasteiger partial charge on any atom is 0.410 e. The lowest BCUT2D eigenvalue weighted by atomic mass is 10.2. The van der Waals surface area contributed by atoms with E-state index in [1.165, 1.54) is 17.3 Å². The molecule has 0 radical (unpaired) electrons. The van der Waals surface area contributed by atoms with Crippen LogP contribution in [0.1, 0.15) is 59.4 Å². The van der Waals surface area contributed by atoms with E-state index in [0.717, 1.165) is 18.6 Å². The van der Waals surface area contributed by atoms with Gasteiger partial charge in [-0.2, -0.15) is 0 Å². The van der Waals surface area contributed by atoms with E-state index < -0.39 is 5.60 Å². The second kappa shape index (κ2) is 7.38. The van der Waals surface area contributed by atoms with Crippen LogP contribution in [0.4, 0.5) is 4.79 Å². The number of carbonyl (C=O) groups is 1. The molecule has 1 aliphatic rings. The molecule has 1 atom stereocenters. The summed E-state index contributed by atoms with van der Waals surface area (Å²) in [6.45, 7) is 10.3. The van der Waals surface area contributed by atoms with Gasteiger partial charge in [0.1, 0.15) is 11.6 Å². The maximum absolute atomic E-state index is 12.3. The summed E-state index contributed by atoms with van der Waals surface area (Å²) in [6, 6.07) is -0.185. The zero-order valence-electron chi connectivity index (χ0n) is 14.5. The largest absolute Gasteiger partial charge is 0.444 e. The molecule has 2 heterocycles. The first-order valence-corrected chi connectivity index (χ1v) is 8.84. The number of allylic oxidation sites excluding steroid dienone is 1. The molecule has 1 aliphatic heterocycles. The average Bonchev–Trinajstić information content (AvgIpc) is 3.03. The van der Waals surface area contributed by atoms with Crippen molar-refractivity contribution < 1.29 is 13.9 Å². The Bertz CT molecular complexity index is 573. The Kier molecular flexibility index (Phi) is 5.73. The van der Waals surface area contributed by atoms with Gasteiger partial charge in [0.05, 0.1) is 0 Å². The van der Waals surface area contributed by atoms with E-state index in [1.807, 2.05) is 20.8 Å². The zero-order valence-corrected chi connectivity index (χ0v) is 15.3. The summed E-state index contributed by atoms with van der Waals surface area (Å²) < 4.78 is 11.2. The molecular formula is C16H25N3O3S. The summed E-state index contributed by atoms with van der Waals surface area (Å²) >= 11 is 1.50. The molecule has 1 amide bonds. The van der Waals surface area contributed by atoms with Crippen molar-refractivity contribution in [3.05, 3.63) is 17.5 Å². The Labute approximate surface area is 141 Å². The minimum atomic E-state index is -0.509. The number of rotatable bonds is 4. The fourth-order valence-corrected chi connectivity index (χ4v) is 3.06. The number of thioether (sulfide) groups is 1. The molecule has 7 heteroatoms. The monoisotopic (exact) mass is 339 g/mol. The minimum absolute atomic E-state index is 0.185. The number of nitrogens with zero attached hydrogens (tertiary/aromatic N) is 3. The average molecular weight is 339 g/mol. The van der Waals surface area contributed by atoms with Crippen molar-refractivity contribution in [3.8, 4) is 0 Å². The molecule has 1 saturated heterocycles. The molecular weight excluding hydrogens is 314 g/mol. The van der Waals surface area contributed by atoms with Crippen LogP contribution < -0.4 is 0 Å². The molecule has 0 N–H and O–H groups in total. The Morgan fingerprint density at radius 3 is 2.83 bits per heavy atom. The molecule has 0 aliphatic carbocycles. The van der Waals surface area contributed by atoms with E-state index in [4.69, 9.17) is 9.15 Å². The third-order valence-electron chi connectivity index (χ3n) is 3.29. The van der Waals surface area contributed by atoms with Gasteiger partial charge in [-0.1, -0.05) is 23.4 Å². The van der Waals surface area contributed by atoms with Gasteiger partial charge in [0, 0.05) is 12.3 Å². The Balaban J connectivity index is 2.01. The topological polar surface area (TPSA) is 68.5 Å². The smallest absolute Gasteiger partial charge is 0.410 e. The fraction of sp³-hybridized carbons (Fsp3) is 0.688. The second-order valence-corrected chi connectivity index (χ2v) is 7.80. The Morgan fingerprint density at radius 2 is 2.17 bits per heavy atom. The van der Waals surface area contributed by atoms with Crippen LogP contribution in [0, 0.1) is 0 Å². The summed E-state index contributed by atoms with van der Waals surface area (Å²) in [5, 5.41) is 8.72. The van der Waals surface area contributed by atoms with Crippen molar-refractivity contribution in [1.29, 1.82) is 0 Å². The van der Waals surface area contributed by atoms with Gasteiger partial charge in [-0.25, -0.2) is 4.79 Å². The minimum Gasteiger partial charge on any atom is -0.444 e. The van der Waals surface area contributed by atoms with Crippen molar-refractivity contribution >= 4 is 17.9 Å². The van der Waals surface area contributed by atoms with E-state index in [1.54, 1.807) is 4.90 Å². The van der Waals surface area contributed by atoms with Gasteiger partial charge in [-0.05, 0) is 47.5 Å². The van der Waals surface area contributed by atoms with Gasteiger partial charge >= 0.3 is 6.09 Å². The van der Waals surface area contributed by atoms with Crippen LogP contribution in [0.2, 0.25) is 0 Å². The van der Waals surface area contributed by atoms with Crippen molar-refractivity contribution in [2.45, 2.75) is 64.3 Å². The Hall–Kier alpha value is -1.50.